The zero-order chi connectivity index (χ0) is 17.5. The molecule has 0 saturated heterocycles. The molecule has 2 rings (SSSR count). The van der Waals surface area contributed by atoms with Gasteiger partial charge in [0.05, 0.1) is 5.56 Å². The molecule has 0 amide bonds. The zero-order valence-corrected chi connectivity index (χ0v) is 14.7. The number of halogens is 1. The van der Waals surface area contributed by atoms with Gasteiger partial charge < -0.3 is 5.11 Å². The van der Waals surface area contributed by atoms with Crippen molar-refractivity contribution in [2.75, 3.05) is 0 Å². The fourth-order valence-corrected chi connectivity index (χ4v) is 2.27. The predicted octanol–water partition coefficient (Wildman–Crippen LogP) is 4.79. The minimum Gasteiger partial charge on any atom is -0.507 e. The smallest absolute Gasteiger partial charge is 0.125 e. The second-order valence-corrected chi connectivity index (χ2v) is 5.67. The highest BCUT2D eigenvalue weighted by Crippen LogP contribution is 2.29. The number of phenolic OH excluding ortho intramolecular Hbond substituents is 1. The van der Waals surface area contributed by atoms with Gasteiger partial charge in [0.1, 0.15) is 11.4 Å². The highest BCUT2D eigenvalue weighted by molar-refractivity contribution is 6.31. The standard InChI is InChI=1S/C20H19ClN2O/c1-4-7-17(21)13-11-15(2)10-12-16-14-23(3)22-20(16)18-8-5-6-9-19(18)24/h4-9,11,13-14,24H,1-3H3/b7-4-,15-11+,17-13+. The van der Waals surface area contributed by atoms with Crippen molar-refractivity contribution in [2.24, 2.45) is 7.05 Å². The Hall–Kier alpha value is -2.70. The van der Waals surface area contributed by atoms with Crippen LogP contribution in [0.5, 0.6) is 5.75 Å². The first-order valence-corrected chi connectivity index (χ1v) is 7.90. The predicted molar refractivity (Wildman–Crippen MR) is 99.7 cm³/mol. The van der Waals surface area contributed by atoms with E-state index >= 15 is 0 Å². The molecule has 0 aliphatic rings. The van der Waals surface area contributed by atoms with E-state index < -0.39 is 0 Å². The maximum Gasteiger partial charge on any atom is 0.125 e. The second-order valence-electron chi connectivity index (χ2n) is 5.23. The summed E-state index contributed by atoms with van der Waals surface area (Å²) in [5, 5.41) is 15.1. The van der Waals surface area contributed by atoms with Gasteiger partial charge in [0.2, 0.25) is 0 Å². The molecule has 0 radical (unpaired) electrons. The Bertz CT molecular complexity index is 877. The average molecular weight is 339 g/mol. The fraction of sp³-hybridized carbons (Fsp3) is 0.150. The van der Waals surface area contributed by atoms with Gasteiger partial charge >= 0.3 is 0 Å². The molecule has 0 aliphatic carbocycles. The molecule has 122 valence electrons. The quantitative estimate of drug-likeness (QED) is 0.645. The van der Waals surface area contributed by atoms with Gasteiger partial charge in [0.15, 0.2) is 0 Å². The monoisotopic (exact) mass is 338 g/mol. The van der Waals surface area contributed by atoms with Crippen LogP contribution in [0.3, 0.4) is 0 Å². The molecule has 0 saturated carbocycles. The molecule has 1 aromatic carbocycles. The van der Waals surface area contributed by atoms with E-state index in [1.54, 1.807) is 22.9 Å². The number of hydrogen-bond acceptors (Lipinski definition) is 2. The summed E-state index contributed by atoms with van der Waals surface area (Å²) in [6, 6.07) is 7.10. The van der Waals surface area contributed by atoms with E-state index in [0.29, 0.717) is 16.3 Å². The number of nitrogens with zero attached hydrogens (tertiary/aromatic N) is 2. The van der Waals surface area contributed by atoms with Crippen molar-refractivity contribution in [3.63, 3.8) is 0 Å². The minimum atomic E-state index is 0.188. The number of aromatic hydroxyl groups is 1. The Kier molecular flexibility index (Phi) is 6.06. The molecule has 0 atom stereocenters. The van der Waals surface area contributed by atoms with Crippen LogP contribution in [0, 0.1) is 11.8 Å². The van der Waals surface area contributed by atoms with Crippen LogP contribution in [0.2, 0.25) is 0 Å². The summed E-state index contributed by atoms with van der Waals surface area (Å²) in [5.41, 5.74) is 2.97. The van der Waals surface area contributed by atoms with Gasteiger partial charge in [-0.15, -0.1) is 0 Å². The van der Waals surface area contributed by atoms with Crippen molar-refractivity contribution in [2.45, 2.75) is 13.8 Å². The maximum absolute atomic E-state index is 10.0. The van der Waals surface area contributed by atoms with E-state index in [4.69, 9.17) is 11.6 Å². The highest BCUT2D eigenvalue weighted by atomic mass is 35.5. The van der Waals surface area contributed by atoms with Crippen LogP contribution < -0.4 is 0 Å². The van der Waals surface area contributed by atoms with Crippen molar-refractivity contribution in [1.29, 1.82) is 0 Å². The van der Waals surface area contributed by atoms with Gasteiger partial charge in [-0.25, -0.2) is 0 Å². The molecule has 0 unspecified atom stereocenters. The Morgan fingerprint density at radius 1 is 1.29 bits per heavy atom. The lowest BCUT2D eigenvalue weighted by Gasteiger charge is -2.00. The van der Waals surface area contributed by atoms with Crippen molar-refractivity contribution < 1.29 is 5.11 Å². The third kappa shape index (κ3) is 4.65. The zero-order valence-electron chi connectivity index (χ0n) is 13.9. The summed E-state index contributed by atoms with van der Waals surface area (Å²) >= 11 is 6.01. The number of benzene rings is 1. The lowest BCUT2D eigenvalue weighted by Crippen LogP contribution is -1.88. The van der Waals surface area contributed by atoms with Crippen LogP contribution in [0.25, 0.3) is 11.3 Å². The second kappa shape index (κ2) is 8.24. The Morgan fingerprint density at radius 3 is 2.75 bits per heavy atom. The van der Waals surface area contributed by atoms with Crippen molar-refractivity contribution >= 4 is 11.6 Å². The van der Waals surface area contributed by atoms with Gasteiger partial charge in [-0.1, -0.05) is 41.7 Å². The highest BCUT2D eigenvalue weighted by Gasteiger charge is 2.11. The number of aryl methyl sites for hydroxylation is 1. The summed E-state index contributed by atoms with van der Waals surface area (Å²) < 4.78 is 1.69. The molecule has 24 heavy (non-hydrogen) atoms. The van der Waals surface area contributed by atoms with E-state index in [1.165, 1.54) is 0 Å². The van der Waals surface area contributed by atoms with Gasteiger partial charge in [-0.05, 0) is 49.8 Å². The topological polar surface area (TPSA) is 38.0 Å². The molecule has 1 N–H and O–H groups in total. The van der Waals surface area contributed by atoms with Crippen LogP contribution in [0.1, 0.15) is 19.4 Å². The van der Waals surface area contributed by atoms with Gasteiger partial charge in [-0.2, -0.15) is 5.10 Å². The van der Waals surface area contributed by atoms with Crippen LogP contribution in [0.4, 0.5) is 0 Å². The summed E-state index contributed by atoms with van der Waals surface area (Å²) in [6.45, 7) is 3.83. The van der Waals surface area contributed by atoms with Crippen LogP contribution in [-0.4, -0.2) is 14.9 Å². The minimum absolute atomic E-state index is 0.188. The molecule has 0 spiro atoms. The van der Waals surface area contributed by atoms with Crippen LogP contribution in [0.15, 0.2) is 65.4 Å². The molecule has 4 heteroatoms. The molecular formula is C20H19ClN2O. The Labute approximate surface area is 147 Å². The Morgan fingerprint density at radius 2 is 2.04 bits per heavy atom. The number of allylic oxidation sites excluding steroid dienone is 6. The first-order valence-electron chi connectivity index (χ1n) is 7.52. The van der Waals surface area contributed by atoms with E-state index in [0.717, 1.165) is 11.1 Å². The summed E-state index contributed by atoms with van der Waals surface area (Å²) in [5.74, 6) is 6.39. The number of rotatable bonds is 3. The van der Waals surface area contributed by atoms with Crippen LogP contribution in [-0.2, 0) is 7.05 Å². The fourth-order valence-electron chi connectivity index (χ4n) is 2.08. The van der Waals surface area contributed by atoms with Crippen molar-refractivity contribution in [3.8, 4) is 28.8 Å². The lowest BCUT2D eigenvalue weighted by molar-refractivity contribution is 0.477. The number of para-hydroxylation sites is 1. The SMILES string of the molecule is C\C=C/C(Cl)=C\C=C(/C)C#Cc1cn(C)nc1-c1ccccc1O. The molecule has 2 aromatic rings. The average Bonchev–Trinajstić information content (AvgIpc) is 2.92. The van der Waals surface area contributed by atoms with Crippen LogP contribution >= 0.6 is 11.6 Å². The van der Waals surface area contributed by atoms with E-state index in [1.807, 2.05) is 57.5 Å². The molecule has 0 bridgehead atoms. The van der Waals surface area contributed by atoms with E-state index in [9.17, 15) is 5.11 Å². The Balaban J connectivity index is 2.35. The van der Waals surface area contributed by atoms with Gasteiger partial charge in [0.25, 0.3) is 0 Å². The van der Waals surface area contributed by atoms with Gasteiger partial charge in [-0.3, -0.25) is 4.68 Å². The van der Waals surface area contributed by atoms with Gasteiger partial charge in [0, 0.05) is 23.8 Å². The molecule has 1 heterocycles. The van der Waals surface area contributed by atoms with Crippen molar-refractivity contribution in [1.82, 2.24) is 9.78 Å². The first kappa shape index (κ1) is 17.7. The molecular weight excluding hydrogens is 320 g/mol. The van der Waals surface area contributed by atoms with E-state index in [-0.39, 0.29) is 5.75 Å². The summed E-state index contributed by atoms with van der Waals surface area (Å²) in [4.78, 5) is 0. The third-order valence-corrected chi connectivity index (χ3v) is 3.45. The normalized spacial score (nSPS) is 12.3. The molecule has 0 fully saturated rings. The number of hydrogen-bond donors (Lipinski definition) is 1. The largest absolute Gasteiger partial charge is 0.507 e. The number of aromatic nitrogens is 2. The first-order chi connectivity index (χ1) is 11.5. The molecule has 0 aliphatic heterocycles. The third-order valence-electron chi connectivity index (χ3n) is 3.20. The van der Waals surface area contributed by atoms with Crippen molar-refractivity contribution in [3.05, 3.63) is 70.9 Å². The maximum atomic E-state index is 10.0. The molecule has 1 aromatic heterocycles. The summed E-state index contributed by atoms with van der Waals surface area (Å²) in [7, 11) is 1.83. The number of phenols is 1. The lowest BCUT2D eigenvalue weighted by atomic mass is 10.1. The molecule has 3 nitrogen and oxygen atoms in total. The summed E-state index contributed by atoms with van der Waals surface area (Å²) in [6.07, 6.45) is 9.20. The van der Waals surface area contributed by atoms with E-state index in [2.05, 4.69) is 16.9 Å².